The Kier molecular flexibility index (Phi) is 7.27. The van der Waals surface area contributed by atoms with Gasteiger partial charge in [-0.15, -0.1) is 11.3 Å². The summed E-state index contributed by atoms with van der Waals surface area (Å²) in [4.78, 5) is 1.05. The summed E-state index contributed by atoms with van der Waals surface area (Å²) in [5, 5.41) is 0. The monoisotopic (exact) mass is 403 g/mol. The van der Waals surface area contributed by atoms with Crippen LogP contribution in [0.1, 0.15) is 24.8 Å². The van der Waals surface area contributed by atoms with Gasteiger partial charge in [-0.25, -0.2) is 13.1 Å². The third kappa shape index (κ3) is 5.97. The van der Waals surface area contributed by atoms with Crippen molar-refractivity contribution in [3.05, 3.63) is 45.6 Å². The summed E-state index contributed by atoms with van der Waals surface area (Å²) in [5.41, 5.74) is 0. The van der Waals surface area contributed by atoms with Crippen molar-refractivity contribution in [2.24, 2.45) is 5.92 Å². The molecule has 0 radical (unpaired) electrons. The van der Waals surface area contributed by atoms with Gasteiger partial charge in [0.05, 0.1) is 15.8 Å². The van der Waals surface area contributed by atoms with Gasteiger partial charge in [-0.2, -0.15) is 0 Å². The van der Waals surface area contributed by atoms with Crippen molar-refractivity contribution < 1.29 is 17.9 Å². The van der Waals surface area contributed by atoms with Gasteiger partial charge in [0.1, 0.15) is 11.9 Å². The molecule has 0 saturated heterocycles. The maximum absolute atomic E-state index is 12.4. The largest absolute Gasteiger partial charge is 0.493 e. The summed E-state index contributed by atoms with van der Waals surface area (Å²) in [6.07, 6.45) is -0.388. The molecule has 0 aliphatic heterocycles. The lowest BCUT2D eigenvalue weighted by molar-refractivity contribution is 0.110. The number of ether oxygens (including phenoxy) is 2. The van der Waals surface area contributed by atoms with Gasteiger partial charge in [-0.1, -0.05) is 25.4 Å². The van der Waals surface area contributed by atoms with Gasteiger partial charge in [0.2, 0.25) is 10.0 Å². The fourth-order valence-electron chi connectivity index (χ4n) is 2.05. The summed E-state index contributed by atoms with van der Waals surface area (Å²) < 4.78 is 39.0. The second kappa shape index (κ2) is 9.00. The minimum Gasteiger partial charge on any atom is -0.493 e. The lowest BCUT2D eigenvalue weighted by atomic mass is 10.2. The molecule has 1 heterocycles. The summed E-state index contributed by atoms with van der Waals surface area (Å²) in [6.45, 7) is 4.82. The number of sulfonamides is 1. The smallest absolute Gasteiger partial charge is 0.240 e. The fourth-order valence-corrected chi connectivity index (χ4v) is 4.22. The maximum atomic E-state index is 12.4. The maximum Gasteiger partial charge on any atom is 0.240 e. The van der Waals surface area contributed by atoms with Crippen LogP contribution >= 0.6 is 22.9 Å². The van der Waals surface area contributed by atoms with Crippen LogP contribution in [0.15, 0.2) is 41.3 Å². The highest BCUT2D eigenvalue weighted by Gasteiger charge is 2.19. The minimum atomic E-state index is -3.63. The Morgan fingerprint density at radius 2 is 1.84 bits per heavy atom. The zero-order valence-corrected chi connectivity index (χ0v) is 16.7. The second-order valence-electron chi connectivity index (χ2n) is 5.89. The first-order valence-corrected chi connectivity index (χ1v) is 10.5. The van der Waals surface area contributed by atoms with E-state index in [0.29, 0.717) is 22.6 Å². The van der Waals surface area contributed by atoms with E-state index >= 15 is 0 Å². The molecule has 5 nitrogen and oxygen atoms in total. The normalized spacial score (nSPS) is 13.2. The van der Waals surface area contributed by atoms with E-state index < -0.39 is 10.0 Å². The first-order chi connectivity index (χ1) is 11.8. The Hall–Kier alpha value is -1.12. The van der Waals surface area contributed by atoms with Gasteiger partial charge in [0.15, 0.2) is 0 Å². The summed E-state index contributed by atoms with van der Waals surface area (Å²) >= 11 is 7.29. The molecule has 0 spiro atoms. The number of thiophene rings is 1. The van der Waals surface area contributed by atoms with Gasteiger partial charge < -0.3 is 9.47 Å². The third-order valence-corrected chi connectivity index (χ3v) is 6.13. The van der Waals surface area contributed by atoms with Crippen LogP contribution in [-0.4, -0.2) is 28.7 Å². The minimum absolute atomic E-state index is 0.126. The fraction of sp³-hybridized carbons (Fsp3) is 0.412. The van der Waals surface area contributed by atoms with Gasteiger partial charge in [0.25, 0.3) is 0 Å². The standard InChI is InChI=1S/C17H22ClNO4S2/c1-12(2)11-23-13-4-6-14(7-5-13)25(20,21)19-10-15(22-3)16-8-9-17(18)24-16/h4-9,12,15,19H,10-11H2,1-3H3/t15-/m1/s1. The SMILES string of the molecule is CO[C@H](CNS(=O)(=O)c1ccc(OCC(C)C)cc1)c1ccc(Cl)s1. The predicted molar refractivity (Wildman–Crippen MR) is 101 cm³/mol. The van der Waals surface area contributed by atoms with Crippen LogP contribution in [0.25, 0.3) is 0 Å². The third-order valence-electron chi connectivity index (χ3n) is 3.37. The van der Waals surface area contributed by atoms with E-state index in [1.54, 1.807) is 18.2 Å². The lowest BCUT2D eigenvalue weighted by Gasteiger charge is -2.15. The zero-order valence-electron chi connectivity index (χ0n) is 14.4. The molecule has 8 heteroatoms. The highest BCUT2D eigenvalue weighted by Crippen LogP contribution is 2.28. The number of benzene rings is 1. The van der Waals surface area contributed by atoms with E-state index in [9.17, 15) is 8.42 Å². The van der Waals surface area contributed by atoms with Crippen molar-refractivity contribution >= 4 is 33.0 Å². The van der Waals surface area contributed by atoms with E-state index in [0.717, 1.165) is 4.88 Å². The number of methoxy groups -OCH3 is 1. The Labute approximate surface area is 158 Å². The van der Waals surface area contributed by atoms with Crippen LogP contribution in [0.5, 0.6) is 5.75 Å². The van der Waals surface area contributed by atoms with Crippen molar-refractivity contribution in [2.45, 2.75) is 24.8 Å². The molecule has 1 N–H and O–H groups in total. The van der Waals surface area contributed by atoms with Gasteiger partial charge in [0, 0.05) is 18.5 Å². The number of hydrogen-bond donors (Lipinski definition) is 1. The Morgan fingerprint density at radius 3 is 2.36 bits per heavy atom. The quantitative estimate of drug-likeness (QED) is 0.684. The average molecular weight is 404 g/mol. The molecule has 0 amide bonds. The van der Waals surface area contributed by atoms with Gasteiger partial charge >= 0.3 is 0 Å². The topological polar surface area (TPSA) is 64.6 Å². The van der Waals surface area contributed by atoms with Crippen LogP contribution in [0.3, 0.4) is 0 Å². The lowest BCUT2D eigenvalue weighted by Crippen LogP contribution is -2.29. The highest BCUT2D eigenvalue weighted by molar-refractivity contribution is 7.89. The van der Waals surface area contributed by atoms with E-state index in [-0.39, 0.29) is 17.5 Å². The first-order valence-electron chi connectivity index (χ1n) is 7.82. The highest BCUT2D eigenvalue weighted by atomic mass is 35.5. The summed E-state index contributed by atoms with van der Waals surface area (Å²) in [5.74, 6) is 1.05. The average Bonchev–Trinajstić information content (AvgIpc) is 3.00. The van der Waals surface area contributed by atoms with Crippen LogP contribution < -0.4 is 9.46 Å². The molecule has 0 bridgehead atoms. The Morgan fingerprint density at radius 1 is 1.16 bits per heavy atom. The molecule has 1 aromatic heterocycles. The van der Waals surface area contributed by atoms with Gasteiger partial charge in [-0.3, -0.25) is 0 Å². The van der Waals surface area contributed by atoms with Crippen molar-refractivity contribution in [3.8, 4) is 5.75 Å². The van der Waals surface area contributed by atoms with Crippen molar-refractivity contribution in [1.82, 2.24) is 4.72 Å². The summed E-state index contributed by atoms with van der Waals surface area (Å²) in [7, 11) is -2.09. The van der Waals surface area contributed by atoms with E-state index in [4.69, 9.17) is 21.1 Å². The Balaban J connectivity index is 2.00. The number of nitrogens with one attached hydrogen (secondary N) is 1. The van der Waals surface area contributed by atoms with Crippen LogP contribution in [-0.2, 0) is 14.8 Å². The zero-order chi connectivity index (χ0) is 18.4. The number of rotatable bonds is 9. The molecule has 138 valence electrons. The molecule has 1 atom stereocenters. The molecule has 0 aliphatic carbocycles. The van der Waals surface area contributed by atoms with Crippen LogP contribution in [0.4, 0.5) is 0 Å². The molecule has 25 heavy (non-hydrogen) atoms. The molecule has 1 aromatic carbocycles. The van der Waals surface area contributed by atoms with Gasteiger partial charge in [-0.05, 0) is 42.3 Å². The molecule has 2 rings (SSSR count). The molecule has 2 aromatic rings. The summed E-state index contributed by atoms with van der Waals surface area (Å²) in [6, 6.07) is 9.96. The molecule has 0 saturated carbocycles. The van der Waals surface area contributed by atoms with Crippen molar-refractivity contribution in [3.63, 3.8) is 0 Å². The van der Waals surface area contributed by atoms with E-state index in [1.807, 2.05) is 6.07 Å². The molecular formula is C17H22ClNO4S2. The van der Waals surface area contributed by atoms with E-state index in [1.165, 1.54) is 30.6 Å². The predicted octanol–water partition coefficient (Wildman–Crippen LogP) is 4.10. The van der Waals surface area contributed by atoms with Crippen molar-refractivity contribution in [2.75, 3.05) is 20.3 Å². The second-order valence-corrected chi connectivity index (χ2v) is 9.41. The molecule has 0 aliphatic rings. The van der Waals surface area contributed by atoms with Crippen LogP contribution in [0, 0.1) is 5.92 Å². The van der Waals surface area contributed by atoms with E-state index in [2.05, 4.69) is 18.6 Å². The number of halogens is 1. The Bertz CT molecular complexity index is 772. The van der Waals surface area contributed by atoms with Crippen molar-refractivity contribution in [1.29, 1.82) is 0 Å². The number of hydrogen-bond acceptors (Lipinski definition) is 5. The molecular weight excluding hydrogens is 382 g/mol. The molecule has 0 unspecified atom stereocenters. The van der Waals surface area contributed by atoms with Crippen LogP contribution in [0.2, 0.25) is 4.34 Å². The molecule has 0 fully saturated rings. The first kappa shape index (κ1) is 20.2.